The molecule has 0 amide bonds. The number of hydrogen-bond donors (Lipinski definition) is 0. The van der Waals surface area contributed by atoms with Gasteiger partial charge in [-0.1, -0.05) is 11.6 Å². The van der Waals surface area contributed by atoms with E-state index < -0.39 is 0 Å². The molecule has 2 rings (SSSR count). The van der Waals surface area contributed by atoms with Gasteiger partial charge in [-0.15, -0.1) is 5.10 Å². The van der Waals surface area contributed by atoms with Crippen molar-refractivity contribution in [2.75, 3.05) is 0 Å². The van der Waals surface area contributed by atoms with Crippen LogP contribution in [0.4, 0.5) is 0 Å². The van der Waals surface area contributed by atoms with E-state index in [4.69, 9.17) is 16.3 Å². The van der Waals surface area contributed by atoms with Crippen LogP contribution in [0.25, 0.3) is 11.4 Å². The summed E-state index contributed by atoms with van der Waals surface area (Å²) in [7, 11) is 0. The highest BCUT2D eigenvalue weighted by Gasteiger charge is 2.04. The van der Waals surface area contributed by atoms with Crippen molar-refractivity contribution in [1.29, 1.82) is 0 Å². The van der Waals surface area contributed by atoms with Crippen molar-refractivity contribution in [2.24, 2.45) is 0 Å². The number of benzene rings is 1. The Morgan fingerprint density at radius 3 is 2.47 bits per heavy atom. The highest BCUT2D eigenvalue weighted by atomic mass is 35.5. The minimum absolute atomic E-state index is 0.157. The number of nitrogens with zero attached hydrogens (tertiary/aromatic N) is 3. The van der Waals surface area contributed by atoms with Gasteiger partial charge < -0.3 is 4.74 Å². The Morgan fingerprint density at radius 1 is 1.18 bits per heavy atom. The summed E-state index contributed by atoms with van der Waals surface area (Å²) in [6, 6.07) is 7.51. The van der Waals surface area contributed by atoms with Gasteiger partial charge in [-0.3, -0.25) is 0 Å². The third kappa shape index (κ3) is 3.14. The quantitative estimate of drug-likeness (QED) is 0.839. The largest absolute Gasteiger partial charge is 0.491 e. The van der Waals surface area contributed by atoms with Gasteiger partial charge in [-0.2, -0.15) is 5.10 Å². The summed E-state index contributed by atoms with van der Waals surface area (Å²) in [5.41, 5.74) is 0.858. The average Bonchev–Trinajstić information content (AvgIpc) is 2.29. The maximum Gasteiger partial charge on any atom is 0.183 e. The van der Waals surface area contributed by atoms with Crippen LogP contribution in [0.2, 0.25) is 5.15 Å². The van der Waals surface area contributed by atoms with E-state index in [-0.39, 0.29) is 6.10 Å². The van der Waals surface area contributed by atoms with Crippen molar-refractivity contribution >= 4 is 11.6 Å². The molecule has 0 aliphatic heterocycles. The topological polar surface area (TPSA) is 47.9 Å². The lowest BCUT2D eigenvalue weighted by atomic mass is 10.2. The first-order valence-electron chi connectivity index (χ1n) is 5.27. The second kappa shape index (κ2) is 5.10. The van der Waals surface area contributed by atoms with Crippen LogP contribution in [0.1, 0.15) is 13.8 Å². The Labute approximate surface area is 105 Å². The summed E-state index contributed by atoms with van der Waals surface area (Å²) in [4.78, 5) is 4.09. The molecule has 2 aromatic rings. The standard InChI is InChI=1S/C12H12ClN3O/c1-8(2)17-10-5-3-9(4-6-10)12-15-11(13)7-14-16-12/h3-8H,1-2H3. The molecule has 4 nitrogen and oxygen atoms in total. The molecule has 0 saturated heterocycles. The van der Waals surface area contributed by atoms with Gasteiger partial charge in [0.05, 0.1) is 12.3 Å². The van der Waals surface area contributed by atoms with Crippen molar-refractivity contribution in [3.8, 4) is 17.1 Å². The van der Waals surface area contributed by atoms with Crippen LogP contribution in [-0.2, 0) is 0 Å². The van der Waals surface area contributed by atoms with Crippen molar-refractivity contribution < 1.29 is 4.74 Å². The number of halogens is 1. The maximum absolute atomic E-state index is 5.76. The molecule has 0 N–H and O–H groups in total. The van der Waals surface area contributed by atoms with Gasteiger partial charge in [0.15, 0.2) is 11.0 Å². The molecule has 0 aliphatic rings. The Balaban J connectivity index is 2.23. The van der Waals surface area contributed by atoms with Crippen molar-refractivity contribution in [1.82, 2.24) is 15.2 Å². The molecule has 1 aromatic carbocycles. The zero-order chi connectivity index (χ0) is 12.3. The average molecular weight is 250 g/mol. The molecule has 1 aromatic heterocycles. The Hall–Kier alpha value is -1.68. The Morgan fingerprint density at radius 2 is 1.88 bits per heavy atom. The van der Waals surface area contributed by atoms with E-state index in [9.17, 15) is 0 Å². The molecule has 0 saturated carbocycles. The Bertz CT molecular complexity index is 499. The molecule has 0 bridgehead atoms. The lowest BCUT2D eigenvalue weighted by Gasteiger charge is -2.09. The molecule has 0 spiro atoms. The van der Waals surface area contributed by atoms with Crippen LogP contribution in [0.5, 0.6) is 5.75 Å². The van der Waals surface area contributed by atoms with Gasteiger partial charge in [-0.25, -0.2) is 4.98 Å². The number of aromatic nitrogens is 3. The summed E-state index contributed by atoms with van der Waals surface area (Å²) >= 11 is 5.76. The van der Waals surface area contributed by atoms with E-state index >= 15 is 0 Å². The maximum atomic E-state index is 5.76. The lowest BCUT2D eigenvalue weighted by molar-refractivity contribution is 0.242. The summed E-state index contributed by atoms with van der Waals surface area (Å²) in [5, 5.41) is 8.00. The van der Waals surface area contributed by atoms with Crippen molar-refractivity contribution in [2.45, 2.75) is 20.0 Å². The van der Waals surface area contributed by atoms with Gasteiger partial charge in [-0.05, 0) is 38.1 Å². The predicted octanol–water partition coefficient (Wildman–Crippen LogP) is 2.98. The first kappa shape index (κ1) is 11.8. The first-order valence-corrected chi connectivity index (χ1v) is 5.65. The molecule has 0 atom stereocenters. The second-order valence-electron chi connectivity index (χ2n) is 3.79. The van der Waals surface area contributed by atoms with Crippen LogP contribution in [-0.4, -0.2) is 21.3 Å². The molecular formula is C12H12ClN3O. The van der Waals surface area contributed by atoms with E-state index in [2.05, 4.69) is 15.2 Å². The lowest BCUT2D eigenvalue weighted by Crippen LogP contribution is -2.05. The molecule has 17 heavy (non-hydrogen) atoms. The molecule has 0 aliphatic carbocycles. The normalized spacial score (nSPS) is 10.6. The van der Waals surface area contributed by atoms with Crippen LogP contribution in [0, 0.1) is 0 Å². The molecule has 0 unspecified atom stereocenters. The van der Waals surface area contributed by atoms with Crippen molar-refractivity contribution in [3.05, 3.63) is 35.6 Å². The van der Waals surface area contributed by atoms with Gasteiger partial charge >= 0.3 is 0 Å². The van der Waals surface area contributed by atoms with Crippen LogP contribution >= 0.6 is 11.6 Å². The molecule has 5 heteroatoms. The van der Waals surface area contributed by atoms with Crippen LogP contribution in [0.3, 0.4) is 0 Å². The highest BCUT2D eigenvalue weighted by molar-refractivity contribution is 6.29. The van der Waals surface area contributed by atoms with Gasteiger partial charge in [0, 0.05) is 5.56 Å². The van der Waals surface area contributed by atoms with E-state index in [0.29, 0.717) is 11.0 Å². The first-order chi connectivity index (χ1) is 8.15. The molecule has 0 fully saturated rings. The monoisotopic (exact) mass is 249 g/mol. The number of ether oxygens (including phenoxy) is 1. The SMILES string of the molecule is CC(C)Oc1ccc(-c2nncc(Cl)n2)cc1. The summed E-state index contributed by atoms with van der Waals surface area (Å²) in [6.45, 7) is 3.97. The third-order valence-electron chi connectivity index (χ3n) is 2.01. The van der Waals surface area contributed by atoms with Gasteiger partial charge in [0.2, 0.25) is 0 Å². The van der Waals surface area contributed by atoms with Crippen LogP contribution in [0.15, 0.2) is 30.5 Å². The molecule has 88 valence electrons. The molecule has 0 radical (unpaired) electrons. The van der Waals surface area contributed by atoms with Crippen molar-refractivity contribution in [3.63, 3.8) is 0 Å². The van der Waals surface area contributed by atoms with Crippen LogP contribution < -0.4 is 4.74 Å². The second-order valence-corrected chi connectivity index (χ2v) is 4.18. The zero-order valence-electron chi connectivity index (χ0n) is 9.59. The van der Waals surface area contributed by atoms with E-state index in [0.717, 1.165) is 11.3 Å². The molecular weight excluding hydrogens is 238 g/mol. The van der Waals surface area contributed by atoms with E-state index in [1.165, 1.54) is 6.20 Å². The number of rotatable bonds is 3. The fourth-order valence-electron chi connectivity index (χ4n) is 1.36. The summed E-state index contributed by atoms with van der Waals surface area (Å²) < 4.78 is 5.55. The minimum Gasteiger partial charge on any atom is -0.491 e. The molecule has 1 heterocycles. The van der Waals surface area contributed by atoms with E-state index in [1.807, 2.05) is 38.1 Å². The summed E-state index contributed by atoms with van der Waals surface area (Å²) in [6.07, 6.45) is 1.56. The fraction of sp³-hybridized carbons (Fsp3) is 0.250. The minimum atomic E-state index is 0.157. The Kier molecular flexibility index (Phi) is 3.54. The predicted molar refractivity (Wildman–Crippen MR) is 66.0 cm³/mol. The number of hydrogen-bond acceptors (Lipinski definition) is 4. The third-order valence-corrected chi connectivity index (χ3v) is 2.20. The summed E-state index contributed by atoms with van der Waals surface area (Å²) in [5.74, 6) is 1.33. The van der Waals surface area contributed by atoms with Gasteiger partial charge in [0.1, 0.15) is 5.75 Å². The van der Waals surface area contributed by atoms with Gasteiger partial charge in [0.25, 0.3) is 0 Å². The smallest absolute Gasteiger partial charge is 0.183 e. The zero-order valence-corrected chi connectivity index (χ0v) is 10.3. The highest BCUT2D eigenvalue weighted by Crippen LogP contribution is 2.20. The fourth-order valence-corrected chi connectivity index (χ4v) is 1.48. The van der Waals surface area contributed by atoms with E-state index in [1.54, 1.807) is 0 Å².